The van der Waals surface area contributed by atoms with E-state index < -0.39 is 0 Å². The predicted octanol–water partition coefficient (Wildman–Crippen LogP) is 4.18. The van der Waals surface area contributed by atoms with E-state index in [1.165, 1.54) is 24.3 Å². The molecule has 0 rings (SSSR count). The Kier molecular flexibility index (Phi) is 8.57. The minimum Gasteiger partial charge on any atom is -0.312 e. The average molecular weight is 245 g/mol. The van der Waals surface area contributed by atoms with E-state index in [1.807, 2.05) is 0 Å². The number of hydrogen-bond donors (Lipinski definition) is 1. The van der Waals surface area contributed by atoms with Crippen LogP contribution in [0.3, 0.4) is 0 Å². The zero-order valence-electron chi connectivity index (χ0n) is 12.1. The van der Waals surface area contributed by atoms with Crippen molar-refractivity contribution < 1.29 is 0 Å². The molecule has 0 heterocycles. The van der Waals surface area contributed by atoms with E-state index in [0.717, 1.165) is 18.4 Å². The molecule has 0 bridgehead atoms. The summed E-state index contributed by atoms with van der Waals surface area (Å²) >= 11 is 2.06. The Hall–Kier alpha value is 0.310. The summed E-state index contributed by atoms with van der Waals surface area (Å²) in [5, 5.41) is 3.60. The monoisotopic (exact) mass is 245 g/mol. The summed E-state index contributed by atoms with van der Waals surface area (Å²) in [6, 6.07) is 0. The molecule has 0 aliphatic rings. The third kappa shape index (κ3) is 9.53. The van der Waals surface area contributed by atoms with Crippen LogP contribution in [0.25, 0.3) is 0 Å². The molecule has 0 radical (unpaired) electrons. The van der Waals surface area contributed by atoms with Gasteiger partial charge in [0.2, 0.25) is 0 Å². The van der Waals surface area contributed by atoms with Gasteiger partial charge in [-0.2, -0.15) is 11.8 Å². The van der Waals surface area contributed by atoms with Gasteiger partial charge in [-0.25, -0.2) is 0 Å². The molecule has 2 atom stereocenters. The molecular formula is C14H31NS. The minimum absolute atomic E-state index is 0.256. The molecule has 1 N–H and O–H groups in total. The number of hydrogen-bond acceptors (Lipinski definition) is 2. The van der Waals surface area contributed by atoms with Crippen molar-refractivity contribution in [3.63, 3.8) is 0 Å². The fourth-order valence-corrected chi connectivity index (χ4v) is 2.26. The fraction of sp³-hybridized carbons (Fsp3) is 1.00. The van der Waals surface area contributed by atoms with Crippen LogP contribution >= 0.6 is 11.8 Å². The van der Waals surface area contributed by atoms with E-state index in [1.54, 1.807) is 0 Å². The molecule has 0 aromatic carbocycles. The first-order chi connectivity index (χ1) is 7.37. The summed E-state index contributed by atoms with van der Waals surface area (Å²) in [5.74, 6) is 4.22. The van der Waals surface area contributed by atoms with Gasteiger partial charge in [0.1, 0.15) is 0 Å². The lowest BCUT2D eigenvalue weighted by atomic mass is 9.91. The van der Waals surface area contributed by atoms with Gasteiger partial charge >= 0.3 is 0 Å². The molecule has 0 aliphatic heterocycles. The van der Waals surface area contributed by atoms with E-state index in [-0.39, 0.29) is 5.54 Å². The van der Waals surface area contributed by atoms with Crippen LogP contribution in [0.5, 0.6) is 0 Å². The van der Waals surface area contributed by atoms with Crippen molar-refractivity contribution in [2.75, 3.05) is 18.1 Å². The molecule has 0 spiro atoms. The first-order valence-electron chi connectivity index (χ1n) is 6.69. The summed E-state index contributed by atoms with van der Waals surface area (Å²) in [6.45, 7) is 14.9. The third-order valence-corrected chi connectivity index (χ3v) is 4.06. The molecule has 1 nitrogen and oxygen atoms in total. The van der Waals surface area contributed by atoms with E-state index in [4.69, 9.17) is 0 Å². The van der Waals surface area contributed by atoms with Gasteiger partial charge in [-0.1, -0.05) is 20.8 Å². The molecular weight excluding hydrogens is 214 g/mol. The summed E-state index contributed by atoms with van der Waals surface area (Å²) in [6.07, 6.45) is 2.75. The van der Waals surface area contributed by atoms with Crippen molar-refractivity contribution in [2.45, 2.75) is 59.9 Å². The fourth-order valence-electron chi connectivity index (χ4n) is 1.60. The van der Waals surface area contributed by atoms with Crippen LogP contribution in [0.1, 0.15) is 54.4 Å². The summed E-state index contributed by atoms with van der Waals surface area (Å²) in [4.78, 5) is 0. The highest BCUT2D eigenvalue weighted by atomic mass is 32.2. The molecule has 2 heteroatoms. The highest BCUT2D eigenvalue weighted by Gasteiger charge is 2.15. The van der Waals surface area contributed by atoms with E-state index >= 15 is 0 Å². The highest BCUT2D eigenvalue weighted by molar-refractivity contribution is 7.99. The van der Waals surface area contributed by atoms with Crippen LogP contribution in [0.15, 0.2) is 0 Å². The zero-order valence-corrected chi connectivity index (χ0v) is 12.9. The van der Waals surface area contributed by atoms with Gasteiger partial charge in [-0.15, -0.1) is 0 Å². The molecule has 0 saturated heterocycles. The smallest absolute Gasteiger partial charge is 0.00966 e. The normalized spacial score (nSPS) is 16.1. The Balaban J connectivity index is 3.61. The third-order valence-electron chi connectivity index (χ3n) is 3.08. The maximum atomic E-state index is 3.60. The lowest BCUT2D eigenvalue weighted by molar-refractivity contribution is 0.306. The molecule has 0 saturated carbocycles. The van der Waals surface area contributed by atoms with Crippen molar-refractivity contribution in [3.8, 4) is 0 Å². The van der Waals surface area contributed by atoms with Crippen LogP contribution in [-0.4, -0.2) is 23.6 Å². The zero-order chi connectivity index (χ0) is 12.6. The molecule has 16 heavy (non-hydrogen) atoms. The lowest BCUT2D eigenvalue weighted by Gasteiger charge is -2.26. The Bertz CT molecular complexity index is 163. The first kappa shape index (κ1) is 16.3. The van der Waals surface area contributed by atoms with Crippen molar-refractivity contribution >= 4 is 11.8 Å². The second kappa shape index (κ2) is 8.41. The summed E-state index contributed by atoms with van der Waals surface area (Å²) < 4.78 is 0. The van der Waals surface area contributed by atoms with Crippen LogP contribution in [0.4, 0.5) is 0 Å². The molecule has 0 aromatic heterocycles. The lowest BCUT2D eigenvalue weighted by Crippen LogP contribution is -2.39. The molecule has 0 fully saturated rings. The molecule has 98 valence electrons. The van der Waals surface area contributed by atoms with E-state index in [0.29, 0.717) is 0 Å². The predicted molar refractivity (Wildman–Crippen MR) is 78.3 cm³/mol. The van der Waals surface area contributed by atoms with E-state index in [2.05, 4.69) is 58.6 Å². The van der Waals surface area contributed by atoms with Crippen molar-refractivity contribution in [1.82, 2.24) is 5.32 Å². The SMILES string of the molecule is CCSCCCC(C)C(C)CNC(C)(C)C. The van der Waals surface area contributed by atoms with Gasteiger partial charge < -0.3 is 5.32 Å². The van der Waals surface area contributed by atoms with Gasteiger partial charge in [0.15, 0.2) is 0 Å². The molecule has 0 aliphatic carbocycles. The summed E-state index contributed by atoms with van der Waals surface area (Å²) in [5.41, 5.74) is 0.256. The molecule has 2 unspecified atom stereocenters. The second-order valence-electron chi connectivity index (χ2n) is 5.92. The largest absolute Gasteiger partial charge is 0.312 e. The Morgan fingerprint density at radius 1 is 1.12 bits per heavy atom. The van der Waals surface area contributed by atoms with Gasteiger partial charge in [0.25, 0.3) is 0 Å². The molecule has 0 amide bonds. The van der Waals surface area contributed by atoms with Crippen LogP contribution in [-0.2, 0) is 0 Å². The van der Waals surface area contributed by atoms with Gasteiger partial charge in [-0.05, 0) is 63.5 Å². The van der Waals surface area contributed by atoms with Crippen molar-refractivity contribution in [3.05, 3.63) is 0 Å². The second-order valence-corrected chi connectivity index (χ2v) is 7.32. The number of rotatable bonds is 8. The maximum Gasteiger partial charge on any atom is 0.00966 e. The van der Waals surface area contributed by atoms with Crippen LogP contribution in [0, 0.1) is 11.8 Å². The van der Waals surface area contributed by atoms with Gasteiger partial charge in [0, 0.05) is 5.54 Å². The quantitative estimate of drug-likeness (QED) is 0.644. The Morgan fingerprint density at radius 3 is 2.25 bits per heavy atom. The van der Waals surface area contributed by atoms with Gasteiger partial charge in [0.05, 0.1) is 0 Å². The van der Waals surface area contributed by atoms with Crippen LogP contribution < -0.4 is 5.32 Å². The summed E-state index contributed by atoms with van der Waals surface area (Å²) in [7, 11) is 0. The van der Waals surface area contributed by atoms with Crippen molar-refractivity contribution in [2.24, 2.45) is 11.8 Å². The topological polar surface area (TPSA) is 12.0 Å². The highest BCUT2D eigenvalue weighted by Crippen LogP contribution is 2.18. The van der Waals surface area contributed by atoms with E-state index in [9.17, 15) is 0 Å². The first-order valence-corrected chi connectivity index (χ1v) is 7.85. The van der Waals surface area contributed by atoms with Crippen molar-refractivity contribution in [1.29, 1.82) is 0 Å². The minimum atomic E-state index is 0.256. The van der Waals surface area contributed by atoms with Crippen LogP contribution in [0.2, 0.25) is 0 Å². The maximum absolute atomic E-state index is 3.60. The number of nitrogens with one attached hydrogen (secondary N) is 1. The Labute approximate surface area is 107 Å². The Morgan fingerprint density at radius 2 is 1.75 bits per heavy atom. The van der Waals surface area contributed by atoms with Gasteiger partial charge in [-0.3, -0.25) is 0 Å². The molecule has 0 aromatic rings. The number of thioether (sulfide) groups is 1. The average Bonchev–Trinajstić information content (AvgIpc) is 2.19. The standard InChI is InChI=1S/C14H31NS/c1-7-16-10-8-9-12(2)13(3)11-15-14(4,5)6/h12-13,15H,7-11H2,1-6H3.